The fourth-order valence-electron chi connectivity index (χ4n) is 3.34. The molecule has 1 N–H and O–H groups in total. The summed E-state index contributed by atoms with van der Waals surface area (Å²) in [6.07, 6.45) is 2.73. The second kappa shape index (κ2) is 10.6. The monoisotopic (exact) mass is 460 g/mol. The van der Waals surface area contributed by atoms with Gasteiger partial charge in [0, 0.05) is 18.8 Å². The van der Waals surface area contributed by atoms with Crippen LogP contribution in [0, 0.1) is 0 Å². The summed E-state index contributed by atoms with van der Waals surface area (Å²) in [6.45, 7) is 4.31. The van der Waals surface area contributed by atoms with Crippen LogP contribution in [0.5, 0.6) is 5.75 Å². The third-order valence-corrected chi connectivity index (χ3v) is 6.76. The molecule has 0 radical (unpaired) electrons. The second-order valence-electron chi connectivity index (χ2n) is 7.81. The first-order valence-electron chi connectivity index (χ1n) is 10.6. The Morgan fingerprint density at radius 3 is 2.38 bits per heavy atom. The van der Waals surface area contributed by atoms with Crippen molar-refractivity contribution >= 4 is 27.6 Å². The van der Waals surface area contributed by atoms with Gasteiger partial charge >= 0.3 is 5.97 Å². The van der Waals surface area contributed by atoms with Crippen LogP contribution in [-0.2, 0) is 19.6 Å². The van der Waals surface area contributed by atoms with E-state index in [9.17, 15) is 18.0 Å². The van der Waals surface area contributed by atoms with Crippen molar-refractivity contribution < 1.29 is 27.5 Å². The number of benzene rings is 2. The molecular weight excluding hydrogens is 432 g/mol. The number of carbonyl (C=O) groups excluding carboxylic acids is 2. The number of hydrogen-bond acceptors (Lipinski definition) is 6. The maximum Gasteiger partial charge on any atom is 0.338 e. The van der Waals surface area contributed by atoms with E-state index >= 15 is 0 Å². The molecule has 32 heavy (non-hydrogen) atoms. The Balaban J connectivity index is 1.56. The van der Waals surface area contributed by atoms with E-state index in [0.717, 1.165) is 19.3 Å². The fourth-order valence-corrected chi connectivity index (χ4v) is 4.91. The van der Waals surface area contributed by atoms with Crippen molar-refractivity contribution in [2.45, 2.75) is 44.1 Å². The molecule has 2 aromatic carbocycles. The number of rotatable bonds is 8. The van der Waals surface area contributed by atoms with E-state index in [4.69, 9.17) is 9.47 Å². The number of esters is 1. The van der Waals surface area contributed by atoms with Gasteiger partial charge < -0.3 is 14.8 Å². The molecule has 1 aliphatic heterocycles. The molecule has 1 amide bonds. The van der Waals surface area contributed by atoms with Crippen molar-refractivity contribution in [1.29, 1.82) is 0 Å². The molecule has 1 fully saturated rings. The Kier molecular flexibility index (Phi) is 7.87. The molecule has 0 unspecified atom stereocenters. The largest absolute Gasteiger partial charge is 0.491 e. The Bertz CT molecular complexity index is 1040. The van der Waals surface area contributed by atoms with Crippen molar-refractivity contribution in [3.63, 3.8) is 0 Å². The van der Waals surface area contributed by atoms with Gasteiger partial charge in [0.25, 0.3) is 5.91 Å². The van der Waals surface area contributed by atoms with Gasteiger partial charge in [-0.3, -0.25) is 4.79 Å². The molecule has 0 aliphatic carbocycles. The topological polar surface area (TPSA) is 102 Å². The molecule has 9 heteroatoms. The summed E-state index contributed by atoms with van der Waals surface area (Å²) in [5.74, 6) is -0.572. The summed E-state index contributed by atoms with van der Waals surface area (Å²) >= 11 is 0. The average molecular weight is 461 g/mol. The van der Waals surface area contributed by atoms with Crippen LogP contribution in [0.3, 0.4) is 0 Å². The van der Waals surface area contributed by atoms with Gasteiger partial charge in [-0.25, -0.2) is 13.2 Å². The normalized spacial score (nSPS) is 14.7. The zero-order valence-electron chi connectivity index (χ0n) is 18.2. The van der Waals surface area contributed by atoms with E-state index < -0.39 is 28.5 Å². The zero-order valence-corrected chi connectivity index (χ0v) is 19.1. The summed E-state index contributed by atoms with van der Waals surface area (Å²) in [5.41, 5.74) is 0.614. The molecule has 1 heterocycles. The summed E-state index contributed by atoms with van der Waals surface area (Å²) < 4.78 is 37.7. The minimum atomic E-state index is -3.61. The van der Waals surface area contributed by atoms with E-state index in [1.807, 2.05) is 13.8 Å². The molecule has 1 saturated heterocycles. The number of nitrogens with one attached hydrogen (secondary N) is 1. The molecule has 0 atom stereocenters. The second-order valence-corrected chi connectivity index (χ2v) is 9.75. The maximum absolute atomic E-state index is 12.8. The van der Waals surface area contributed by atoms with Crippen LogP contribution in [-0.4, -0.2) is 50.4 Å². The molecule has 172 valence electrons. The summed E-state index contributed by atoms with van der Waals surface area (Å²) in [7, 11) is -3.61. The van der Waals surface area contributed by atoms with Gasteiger partial charge in [-0.2, -0.15) is 4.31 Å². The first-order chi connectivity index (χ1) is 15.3. The molecule has 8 nitrogen and oxygen atoms in total. The molecule has 0 aromatic heterocycles. The van der Waals surface area contributed by atoms with Gasteiger partial charge in [0.05, 0.1) is 16.6 Å². The lowest BCUT2D eigenvalue weighted by Crippen LogP contribution is -2.35. The zero-order chi connectivity index (χ0) is 23.1. The molecular formula is C23H28N2O6S. The van der Waals surface area contributed by atoms with Gasteiger partial charge in [-0.15, -0.1) is 0 Å². The lowest BCUT2D eigenvalue weighted by molar-refractivity contribution is -0.119. The number of amides is 1. The van der Waals surface area contributed by atoms with Crippen LogP contribution in [0.1, 0.15) is 43.5 Å². The number of nitrogens with zero attached hydrogens (tertiary/aromatic N) is 1. The summed E-state index contributed by atoms with van der Waals surface area (Å²) in [4.78, 5) is 24.5. The minimum absolute atomic E-state index is 0.0184. The van der Waals surface area contributed by atoms with Crippen LogP contribution >= 0.6 is 0 Å². The first-order valence-corrected chi connectivity index (χ1v) is 12.0. The highest BCUT2D eigenvalue weighted by molar-refractivity contribution is 7.89. The number of carbonyl (C=O) groups is 2. The predicted molar refractivity (Wildman–Crippen MR) is 120 cm³/mol. The van der Waals surface area contributed by atoms with Gasteiger partial charge in [0.1, 0.15) is 5.75 Å². The van der Waals surface area contributed by atoms with Crippen molar-refractivity contribution in [2.24, 2.45) is 0 Å². The van der Waals surface area contributed by atoms with Gasteiger partial charge in [0.15, 0.2) is 6.61 Å². The Morgan fingerprint density at radius 2 is 1.72 bits per heavy atom. The highest BCUT2D eigenvalue weighted by Gasteiger charge is 2.26. The quantitative estimate of drug-likeness (QED) is 0.606. The average Bonchev–Trinajstić information content (AvgIpc) is 2.78. The van der Waals surface area contributed by atoms with E-state index in [1.165, 1.54) is 16.4 Å². The van der Waals surface area contributed by atoms with Gasteiger partial charge in [-0.1, -0.05) is 12.5 Å². The SMILES string of the molecule is CC(C)Oc1ccc(C(=O)OCC(=O)Nc2cccc(S(=O)(=O)N3CCCCC3)c2)cc1. The van der Waals surface area contributed by atoms with Crippen molar-refractivity contribution in [3.8, 4) is 5.75 Å². The van der Waals surface area contributed by atoms with Crippen molar-refractivity contribution in [1.82, 2.24) is 4.31 Å². The lowest BCUT2D eigenvalue weighted by atomic mass is 10.2. The predicted octanol–water partition coefficient (Wildman–Crippen LogP) is 3.44. The van der Waals surface area contributed by atoms with Crippen molar-refractivity contribution in [2.75, 3.05) is 25.0 Å². The molecule has 2 aromatic rings. The van der Waals surface area contributed by atoms with Crippen molar-refractivity contribution in [3.05, 3.63) is 54.1 Å². The van der Waals surface area contributed by atoms with Crippen LogP contribution in [0.25, 0.3) is 0 Å². The first kappa shape index (κ1) is 23.7. The summed E-state index contributed by atoms with van der Waals surface area (Å²) in [5, 5.41) is 2.58. The highest BCUT2D eigenvalue weighted by Crippen LogP contribution is 2.23. The van der Waals surface area contributed by atoms with Crippen LogP contribution in [0.15, 0.2) is 53.4 Å². The van der Waals surface area contributed by atoms with Gasteiger partial charge in [-0.05, 0) is 69.2 Å². The van der Waals surface area contributed by atoms with Crippen LogP contribution < -0.4 is 10.1 Å². The third-order valence-electron chi connectivity index (χ3n) is 4.87. The van der Waals surface area contributed by atoms with E-state index in [2.05, 4.69) is 5.32 Å². The molecule has 1 aliphatic rings. The standard InChI is InChI=1S/C23H28N2O6S/c1-17(2)31-20-11-9-18(10-12-20)23(27)30-16-22(26)24-19-7-6-8-21(15-19)32(28,29)25-13-4-3-5-14-25/h6-12,15,17H,3-5,13-14,16H2,1-2H3,(H,24,26). The number of piperidine rings is 1. The molecule has 0 spiro atoms. The number of anilines is 1. The summed E-state index contributed by atoms with van der Waals surface area (Å²) in [6, 6.07) is 12.5. The van der Waals surface area contributed by atoms with E-state index in [1.54, 1.807) is 36.4 Å². The van der Waals surface area contributed by atoms with E-state index in [-0.39, 0.29) is 11.0 Å². The number of sulfonamides is 1. The number of hydrogen-bond donors (Lipinski definition) is 1. The minimum Gasteiger partial charge on any atom is -0.491 e. The maximum atomic E-state index is 12.8. The molecule has 3 rings (SSSR count). The Hall–Kier alpha value is -2.91. The Labute approximate surface area is 188 Å². The van der Waals surface area contributed by atoms with Crippen LogP contribution in [0.4, 0.5) is 5.69 Å². The third kappa shape index (κ3) is 6.30. The smallest absolute Gasteiger partial charge is 0.338 e. The fraction of sp³-hybridized carbons (Fsp3) is 0.391. The van der Waals surface area contributed by atoms with Gasteiger partial charge in [0.2, 0.25) is 10.0 Å². The van der Waals surface area contributed by atoms with Crippen LogP contribution in [0.2, 0.25) is 0 Å². The molecule has 0 bridgehead atoms. The Morgan fingerprint density at radius 1 is 1.03 bits per heavy atom. The highest BCUT2D eigenvalue weighted by atomic mass is 32.2. The van der Waals surface area contributed by atoms with E-state index in [0.29, 0.717) is 30.1 Å². The molecule has 0 saturated carbocycles. The number of ether oxygens (including phenoxy) is 2. The lowest BCUT2D eigenvalue weighted by Gasteiger charge is -2.26.